The number of ether oxygens (including phenoxy) is 2. The summed E-state index contributed by atoms with van der Waals surface area (Å²) in [6.45, 7) is 1.99. The van der Waals surface area contributed by atoms with Gasteiger partial charge in [-0.3, -0.25) is 9.59 Å². The van der Waals surface area contributed by atoms with Crippen LogP contribution in [0.2, 0.25) is 0 Å². The molecule has 0 unspecified atom stereocenters. The molecule has 2 aromatic rings. The Morgan fingerprint density at radius 3 is 2.50 bits per heavy atom. The molecule has 2 aromatic carbocycles. The second kappa shape index (κ2) is 8.82. The van der Waals surface area contributed by atoms with Gasteiger partial charge in [-0.1, -0.05) is 28.1 Å². The lowest BCUT2D eigenvalue weighted by Gasteiger charge is -2.27. The zero-order valence-electron chi connectivity index (χ0n) is 14.1. The summed E-state index contributed by atoms with van der Waals surface area (Å²) in [5.41, 5.74) is 1.13. The maximum absolute atomic E-state index is 12.7. The summed E-state index contributed by atoms with van der Waals surface area (Å²) >= 11 is 3.35. The summed E-state index contributed by atoms with van der Waals surface area (Å²) in [7, 11) is 0. The minimum atomic E-state index is -0.291. The zero-order chi connectivity index (χ0) is 18.4. The van der Waals surface area contributed by atoms with Crippen molar-refractivity contribution in [2.24, 2.45) is 0 Å². The summed E-state index contributed by atoms with van der Waals surface area (Å²) in [6, 6.07) is 14.2. The largest absolute Gasteiger partial charge is 0.483 e. The molecule has 2 amide bonds. The summed E-state index contributed by atoms with van der Waals surface area (Å²) in [5.74, 6) is -0.00638. The van der Waals surface area contributed by atoms with Crippen molar-refractivity contribution in [3.05, 3.63) is 58.6 Å². The SMILES string of the molecule is O=C(COc1ccccc1C(=O)N1CCOCC1)Nc1ccc(Br)cc1. The Hall–Kier alpha value is -2.38. The van der Waals surface area contributed by atoms with E-state index in [1.54, 1.807) is 41.3 Å². The Balaban J connectivity index is 1.61. The molecule has 0 spiro atoms. The van der Waals surface area contributed by atoms with Gasteiger partial charge in [0, 0.05) is 23.2 Å². The Labute approximate surface area is 160 Å². The van der Waals surface area contributed by atoms with Gasteiger partial charge in [-0.25, -0.2) is 0 Å². The van der Waals surface area contributed by atoms with Gasteiger partial charge in [0.2, 0.25) is 0 Å². The van der Waals surface area contributed by atoms with Crippen LogP contribution in [-0.4, -0.2) is 49.6 Å². The van der Waals surface area contributed by atoms with E-state index in [-0.39, 0.29) is 18.4 Å². The fourth-order valence-electron chi connectivity index (χ4n) is 2.58. The van der Waals surface area contributed by atoms with E-state index in [2.05, 4.69) is 21.2 Å². The van der Waals surface area contributed by atoms with Crippen LogP contribution in [0.15, 0.2) is 53.0 Å². The van der Waals surface area contributed by atoms with Crippen molar-refractivity contribution in [1.29, 1.82) is 0 Å². The average molecular weight is 419 g/mol. The van der Waals surface area contributed by atoms with E-state index in [4.69, 9.17) is 9.47 Å². The third-order valence-electron chi connectivity index (χ3n) is 3.90. The van der Waals surface area contributed by atoms with Crippen molar-refractivity contribution < 1.29 is 19.1 Å². The van der Waals surface area contributed by atoms with E-state index in [0.29, 0.717) is 43.3 Å². The lowest BCUT2D eigenvalue weighted by atomic mass is 10.1. The molecule has 0 radical (unpaired) electrons. The number of morpholine rings is 1. The van der Waals surface area contributed by atoms with Gasteiger partial charge < -0.3 is 19.7 Å². The van der Waals surface area contributed by atoms with Crippen molar-refractivity contribution in [1.82, 2.24) is 4.90 Å². The predicted molar refractivity (Wildman–Crippen MR) is 101 cm³/mol. The number of anilines is 1. The van der Waals surface area contributed by atoms with Gasteiger partial charge in [-0.2, -0.15) is 0 Å². The highest BCUT2D eigenvalue weighted by molar-refractivity contribution is 9.10. The zero-order valence-corrected chi connectivity index (χ0v) is 15.7. The number of hydrogen-bond donors (Lipinski definition) is 1. The lowest BCUT2D eigenvalue weighted by Crippen LogP contribution is -2.40. The molecule has 136 valence electrons. The molecule has 0 saturated carbocycles. The first-order chi connectivity index (χ1) is 12.6. The molecule has 1 aliphatic heterocycles. The van der Waals surface area contributed by atoms with E-state index in [1.807, 2.05) is 12.1 Å². The summed E-state index contributed by atoms with van der Waals surface area (Å²) < 4.78 is 11.8. The third kappa shape index (κ3) is 4.83. The van der Waals surface area contributed by atoms with Crippen molar-refractivity contribution in [2.75, 3.05) is 38.2 Å². The molecule has 1 saturated heterocycles. The lowest BCUT2D eigenvalue weighted by molar-refractivity contribution is -0.118. The maximum Gasteiger partial charge on any atom is 0.262 e. The van der Waals surface area contributed by atoms with Crippen LogP contribution in [0.5, 0.6) is 5.75 Å². The normalized spacial score (nSPS) is 14.0. The van der Waals surface area contributed by atoms with Crippen molar-refractivity contribution in [3.8, 4) is 5.75 Å². The summed E-state index contributed by atoms with van der Waals surface area (Å²) in [5, 5.41) is 2.75. The number of carbonyl (C=O) groups excluding carboxylic acids is 2. The van der Waals surface area contributed by atoms with Crippen LogP contribution in [0.25, 0.3) is 0 Å². The van der Waals surface area contributed by atoms with Crippen molar-refractivity contribution in [3.63, 3.8) is 0 Å². The minimum absolute atomic E-state index is 0.114. The monoisotopic (exact) mass is 418 g/mol. The van der Waals surface area contributed by atoms with Gasteiger partial charge >= 0.3 is 0 Å². The number of carbonyl (C=O) groups is 2. The van der Waals surface area contributed by atoms with Crippen LogP contribution in [-0.2, 0) is 9.53 Å². The molecule has 26 heavy (non-hydrogen) atoms. The predicted octanol–water partition coefficient (Wildman–Crippen LogP) is 2.94. The Morgan fingerprint density at radius 1 is 1.08 bits per heavy atom. The van der Waals surface area contributed by atoms with E-state index >= 15 is 0 Å². The van der Waals surface area contributed by atoms with Crippen LogP contribution in [0.1, 0.15) is 10.4 Å². The Kier molecular flexibility index (Phi) is 6.25. The first kappa shape index (κ1) is 18.4. The highest BCUT2D eigenvalue weighted by Gasteiger charge is 2.21. The van der Waals surface area contributed by atoms with Crippen LogP contribution < -0.4 is 10.1 Å². The van der Waals surface area contributed by atoms with E-state index in [9.17, 15) is 9.59 Å². The number of nitrogens with one attached hydrogen (secondary N) is 1. The first-order valence-electron chi connectivity index (χ1n) is 8.28. The van der Waals surface area contributed by atoms with Crippen molar-refractivity contribution >= 4 is 33.4 Å². The van der Waals surface area contributed by atoms with E-state index in [0.717, 1.165) is 4.47 Å². The first-order valence-corrected chi connectivity index (χ1v) is 9.07. The number of para-hydroxylation sites is 1. The second-order valence-electron chi connectivity index (χ2n) is 5.74. The molecule has 1 heterocycles. The molecule has 1 fully saturated rings. The topological polar surface area (TPSA) is 67.9 Å². The number of amides is 2. The fourth-order valence-corrected chi connectivity index (χ4v) is 2.84. The van der Waals surface area contributed by atoms with Gasteiger partial charge in [-0.15, -0.1) is 0 Å². The molecule has 0 aliphatic carbocycles. The van der Waals surface area contributed by atoms with E-state index in [1.165, 1.54) is 0 Å². The van der Waals surface area contributed by atoms with Crippen LogP contribution in [0.4, 0.5) is 5.69 Å². The Morgan fingerprint density at radius 2 is 1.77 bits per heavy atom. The van der Waals surface area contributed by atoms with Gasteiger partial charge in [0.25, 0.3) is 11.8 Å². The maximum atomic E-state index is 12.7. The van der Waals surface area contributed by atoms with Crippen molar-refractivity contribution in [2.45, 2.75) is 0 Å². The average Bonchev–Trinajstić information content (AvgIpc) is 2.68. The van der Waals surface area contributed by atoms with Crippen LogP contribution in [0, 0.1) is 0 Å². The number of rotatable bonds is 5. The molecular formula is C19H19BrN2O4. The summed E-state index contributed by atoms with van der Waals surface area (Å²) in [6.07, 6.45) is 0. The number of benzene rings is 2. The third-order valence-corrected chi connectivity index (χ3v) is 4.43. The van der Waals surface area contributed by atoms with Crippen LogP contribution in [0.3, 0.4) is 0 Å². The summed E-state index contributed by atoms with van der Waals surface area (Å²) in [4.78, 5) is 26.5. The molecule has 1 N–H and O–H groups in total. The second-order valence-corrected chi connectivity index (χ2v) is 6.66. The number of halogens is 1. The molecule has 0 bridgehead atoms. The molecule has 0 atom stereocenters. The Bertz CT molecular complexity index is 773. The smallest absolute Gasteiger partial charge is 0.262 e. The standard InChI is InChI=1S/C19H19BrN2O4/c20-14-5-7-15(8-6-14)21-18(23)13-26-17-4-2-1-3-16(17)19(24)22-9-11-25-12-10-22/h1-8H,9-13H2,(H,21,23). The fraction of sp³-hybridized carbons (Fsp3) is 0.263. The van der Waals surface area contributed by atoms with Crippen LogP contribution >= 0.6 is 15.9 Å². The van der Waals surface area contributed by atoms with Gasteiger partial charge in [0.15, 0.2) is 6.61 Å². The molecule has 0 aromatic heterocycles. The molecule has 7 heteroatoms. The van der Waals surface area contributed by atoms with E-state index < -0.39 is 0 Å². The van der Waals surface area contributed by atoms with Gasteiger partial charge in [0.05, 0.1) is 18.8 Å². The highest BCUT2D eigenvalue weighted by atomic mass is 79.9. The molecule has 1 aliphatic rings. The molecular weight excluding hydrogens is 400 g/mol. The number of nitrogens with zero attached hydrogens (tertiary/aromatic N) is 1. The van der Waals surface area contributed by atoms with Gasteiger partial charge in [-0.05, 0) is 36.4 Å². The number of hydrogen-bond acceptors (Lipinski definition) is 4. The molecule has 3 rings (SSSR count). The van der Waals surface area contributed by atoms with Gasteiger partial charge in [0.1, 0.15) is 5.75 Å². The quantitative estimate of drug-likeness (QED) is 0.810. The minimum Gasteiger partial charge on any atom is -0.483 e. The highest BCUT2D eigenvalue weighted by Crippen LogP contribution is 2.21. The molecule has 6 nitrogen and oxygen atoms in total.